The Morgan fingerprint density at radius 3 is 1.88 bits per heavy atom. The van der Waals surface area contributed by atoms with Gasteiger partial charge in [0.15, 0.2) is 0 Å². The summed E-state index contributed by atoms with van der Waals surface area (Å²) >= 11 is 6.01. The molecule has 0 atom stereocenters. The summed E-state index contributed by atoms with van der Waals surface area (Å²) in [6, 6.07) is 23.6. The zero-order valence-corrected chi connectivity index (χ0v) is 31.1. The Bertz CT molecular complexity index is 1440. The van der Waals surface area contributed by atoms with Crippen molar-refractivity contribution in [3.05, 3.63) is 88.7 Å². The largest absolute Gasteiger partial charge is 0.493 e. The van der Waals surface area contributed by atoms with E-state index < -0.39 is 0 Å². The lowest BCUT2D eigenvalue weighted by Gasteiger charge is -2.28. The molecule has 0 aliphatic rings. The molecule has 4 aromatic rings. The number of aromatic nitrogens is 2. The fraction of sp³-hybridized carbons (Fsp3) is 0.537. The molecule has 0 fully saturated rings. The van der Waals surface area contributed by atoms with E-state index in [4.69, 9.17) is 21.3 Å². The first kappa shape index (κ1) is 37.8. The molecular formula is C41H60ClN5O. The molecule has 0 aliphatic carbocycles. The number of hydrogen-bond donors (Lipinski definition) is 0. The molecule has 4 rings (SSSR count). The number of ether oxygens (including phenoxy) is 1. The summed E-state index contributed by atoms with van der Waals surface area (Å²) in [5, 5.41) is 0.765. The second-order valence-corrected chi connectivity index (χ2v) is 13.3. The van der Waals surface area contributed by atoms with Gasteiger partial charge in [-0.2, -0.15) is 0 Å². The molecule has 1 heterocycles. The Kier molecular flexibility index (Phi) is 16.1. The van der Waals surface area contributed by atoms with E-state index in [1.165, 1.54) is 47.4 Å². The van der Waals surface area contributed by atoms with E-state index in [1.807, 2.05) is 12.1 Å². The van der Waals surface area contributed by atoms with Gasteiger partial charge in [-0.05, 0) is 119 Å². The van der Waals surface area contributed by atoms with Gasteiger partial charge in [0.05, 0.1) is 17.6 Å². The third-order valence-electron chi connectivity index (χ3n) is 9.64. The second kappa shape index (κ2) is 20.5. The monoisotopic (exact) mass is 673 g/mol. The van der Waals surface area contributed by atoms with Crippen molar-refractivity contribution >= 4 is 28.3 Å². The van der Waals surface area contributed by atoms with E-state index in [0.717, 1.165) is 101 Å². The van der Waals surface area contributed by atoms with Crippen LogP contribution in [0.3, 0.4) is 0 Å². The van der Waals surface area contributed by atoms with Gasteiger partial charge in [-0.25, -0.2) is 4.98 Å². The molecule has 0 spiro atoms. The smallest absolute Gasteiger partial charge is 0.119 e. The third kappa shape index (κ3) is 11.5. The Morgan fingerprint density at radius 1 is 0.667 bits per heavy atom. The Balaban J connectivity index is 1.44. The molecule has 0 N–H and O–H groups in total. The number of aryl methyl sites for hydroxylation is 3. The first-order valence-electron chi connectivity index (χ1n) is 18.6. The van der Waals surface area contributed by atoms with E-state index in [2.05, 4.69) is 108 Å². The van der Waals surface area contributed by atoms with Crippen molar-refractivity contribution in [2.24, 2.45) is 0 Å². The lowest BCUT2D eigenvalue weighted by atomic mass is 10.1. The van der Waals surface area contributed by atoms with Gasteiger partial charge in [0.2, 0.25) is 0 Å². The van der Waals surface area contributed by atoms with Crippen molar-refractivity contribution in [3.8, 4) is 5.75 Å². The predicted molar refractivity (Wildman–Crippen MR) is 206 cm³/mol. The number of halogens is 1. The highest BCUT2D eigenvalue weighted by atomic mass is 35.5. The normalized spacial score (nSPS) is 11.7. The standard InChI is InChI=1S/C41H60ClN5O/c1-6-11-31-47-40-33-37(46(29-12-27-44(7-2)8-3)30-13-28-45(9-4)10-5)21-24-39(40)43-41(47)25-18-34-16-22-38(23-17-34)48-32-26-35-14-19-36(42)20-15-35/h14-17,19-24,33H,6-13,18,25-32H2,1-5H3. The number of imidazole rings is 1. The maximum atomic E-state index is 6.03. The van der Waals surface area contributed by atoms with E-state index in [1.54, 1.807) is 0 Å². The Hall–Kier alpha value is -3.06. The molecule has 48 heavy (non-hydrogen) atoms. The molecule has 0 amide bonds. The average Bonchev–Trinajstić information content (AvgIpc) is 3.47. The summed E-state index contributed by atoms with van der Waals surface area (Å²) in [5.41, 5.74) is 6.26. The van der Waals surface area contributed by atoms with E-state index in [-0.39, 0.29) is 0 Å². The number of unbranched alkanes of at least 4 members (excludes halogenated alkanes) is 1. The van der Waals surface area contributed by atoms with Crippen LogP contribution in [-0.4, -0.2) is 78.3 Å². The van der Waals surface area contributed by atoms with Crippen molar-refractivity contribution in [1.29, 1.82) is 0 Å². The Morgan fingerprint density at radius 2 is 1.27 bits per heavy atom. The third-order valence-corrected chi connectivity index (χ3v) is 9.89. The molecule has 262 valence electrons. The predicted octanol–water partition coefficient (Wildman–Crippen LogP) is 9.17. The van der Waals surface area contributed by atoms with E-state index in [9.17, 15) is 0 Å². The summed E-state index contributed by atoms with van der Waals surface area (Å²) < 4.78 is 8.53. The maximum absolute atomic E-state index is 6.03. The molecule has 0 saturated carbocycles. The maximum Gasteiger partial charge on any atom is 0.119 e. The van der Waals surface area contributed by atoms with Gasteiger partial charge in [0.1, 0.15) is 11.6 Å². The van der Waals surface area contributed by atoms with Crippen molar-refractivity contribution in [2.45, 2.75) is 86.1 Å². The highest BCUT2D eigenvalue weighted by Crippen LogP contribution is 2.26. The molecule has 0 unspecified atom stereocenters. The van der Waals surface area contributed by atoms with Gasteiger partial charge >= 0.3 is 0 Å². The van der Waals surface area contributed by atoms with E-state index in [0.29, 0.717) is 6.61 Å². The molecule has 0 aliphatic heterocycles. The van der Waals surface area contributed by atoms with Crippen LogP contribution in [-0.2, 0) is 25.8 Å². The van der Waals surface area contributed by atoms with Crippen LogP contribution in [0.15, 0.2) is 66.7 Å². The van der Waals surface area contributed by atoms with Crippen LogP contribution in [0.25, 0.3) is 11.0 Å². The van der Waals surface area contributed by atoms with Crippen molar-refractivity contribution in [2.75, 3.05) is 63.9 Å². The summed E-state index contributed by atoms with van der Waals surface area (Å²) in [7, 11) is 0. The number of nitrogens with zero attached hydrogens (tertiary/aromatic N) is 5. The first-order valence-corrected chi connectivity index (χ1v) is 19.0. The SMILES string of the molecule is CCCCn1c(CCc2ccc(OCCc3ccc(Cl)cc3)cc2)nc2ccc(N(CCCN(CC)CC)CCCN(CC)CC)cc21. The van der Waals surface area contributed by atoms with Gasteiger partial charge in [-0.1, -0.05) is 76.9 Å². The second-order valence-electron chi connectivity index (χ2n) is 12.8. The van der Waals surface area contributed by atoms with Gasteiger partial charge in [-0.15, -0.1) is 0 Å². The van der Waals surface area contributed by atoms with Crippen LogP contribution in [0.4, 0.5) is 5.69 Å². The zero-order valence-electron chi connectivity index (χ0n) is 30.4. The number of benzene rings is 3. The van der Waals surface area contributed by atoms with Gasteiger partial charge < -0.3 is 24.0 Å². The number of rotatable bonds is 23. The van der Waals surface area contributed by atoms with Crippen molar-refractivity contribution in [3.63, 3.8) is 0 Å². The number of hydrogen-bond acceptors (Lipinski definition) is 5. The van der Waals surface area contributed by atoms with Crippen molar-refractivity contribution < 1.29 is 4.74 Å². The fourth-order valence-corrected chi connectivity index (χ4v) is 6.61. The van der Waals surface area contributed by atoms with Crippen molar-refractivity contribution in [1.82, 2.24) is 19.4 Å². The van der Waals surface area contributed by atoms with Crippen LogP contribution in [0, 0.1) is 0 Å². The molecule has 0 radical (unpaired) electrons. The fourth-order valence-electron chi connectivity index (χ4n) is 6.48. The lowest BCUT2D eigenvalue weighted by molar-refractivity contribution is 0.295. The summed E-state index contributed by atoms with van der Waals surface area (Å²) in [6.45, 7) is 21.9. The van der Waals surface area contributed by atoms with Crippen LogP contribution in [0.1, 0.15) is 77.3 Å². The Labute approximate surface area is 296 Å². The van der Waals surface area contributed by atoms with Gasteiger partial charge in [0.25, 0.3) is 0 Å². The highest BCUT2D eigenvalue weighted by Gasteiger charge is 2.15. The molecule has 3 aromatic carbocycles. The first-order chi connectivity index (χ1) is 23.5. The van der Waals surface area contributed by atoms with Crippen LogP contribution < -0.4 is 9.64 Å². The number of fused-ring (bicyclic) bond motifs is 1. The molecular weight excluding hydrogens is 614 g/mol. The highest BCUT2D eigenvalue weighted by molar-refractivity contribution is 6.30. The zero-order chi connectivity index (χ0) is 34.1. The summed E-state index contributed by atoms with van der Waals surface area (Å²) in [4.78, 5) is 12.9. The molecule has 7 heteroatoms. The quantitative estimate of drug-likeness (QED) is 0.0785. The minimum atomic E-state index is 0.647. The van der Waals surface area contributed by atoms with Gasteiger partial charge in [-0.3, -0.25) is 0 Å². The summed E-state index contributed by atoms with van der Waals surface area (Å²) in [6.07, 6.45) is 7.41. The van der Waals surface area contributed by atoms with Crippen LogP contribution >= 0.6 is 11.6 Å². The number of anilines is 1. The molecule has 1 aromatic heterocycles. The average molecular weight is 674 g/mol. The summed E-state index contributed by atoms with van der Waals surface area (Å²) in [5.74, 6) is 2.10. The van der Waals surface area contributed by atoms with E-state index >= 15 is 0 Å². The topological polar surface area (TPSA) is 36.8 Å². The van der Waals surface area contributed by atoms with Crippen LogP contribution in [0.5, 0.6) is 5.75 Å². The van der Waals surface area contributed by atoms with Crippen LogP contribution in [0.2, 0.25) is 5.02 Å². The molecule has 6 nitrogen and oxygen atoms in total. The minimum absolute atomic E-state index is 0.647. The molecule has 0 bridgehead atoms. The lowest BCUT2D eigenvalue weighted by Crippen LogP contribution is -2.33. The minimum Gasteiger partial charge on any atom is -0.493 e. The van der Waals surface area contributed by atoms with Gasteiger partial charge in [0, 0.05) is 43.2 Å². The molecule has 0 saturated heterocycles.